The van der Waals surface area contributed by atoms with Gasteiger partial charge in [0, 0.05) is 6.20 Å². The van der Waals surface area contributed by atoms with Crippen LogP contribution in [0.3, 0.4) is 0 Å². The highest BCUT2D eigenvalue weighted by atomic mass is 32.1. The molecule has 2 heterocycles. The fraction of sp³-hybridized carbons (Fsp3) is 0.118. The number of rotatable bonds is 6. The Morgan fingerprint density at radius 2 is 2.09 bits per heavy atom. The summed E-state index contributed by atoms with van der Waals surface area (Å²) in [6.07, 6.45) is 3.14. The van der Waals surface area contributed by atoms with Crippen LogP contribution in [0.2, 0.25) is 0 Å². The first-order valence-electron chi connectivity index (χ1n) is 7.13. The summed E-state index contributed by atoms with van der Waals surface area (Å²) in [6, 6.07) is 14.0. The highest BCUT2D eigenvalue weighted by Gasteiger charge is 2.01. The van der Waals surface area contributed by atoms with E-state index in [1.165, 1.54) is 11.9 Å². The Morgan fingerprint density at radius 3 is 2.87 bits per heavy atom. The number of aromatic nitrogens is 2. The molecule has 0 aliphatic carbocycles. The molecule has 6 heteroatoms. The summed E-state index contributed by atoms with van der Waals surface area (Å²) in [5, 5.41) is 2.01. The molecule has 3 aromatic rings. The molecular weight excluding hydrogens is 308 g/mol. The van der Waals surface area contributed by atoms with Gasteiger partial charge in [0.15, 0.2) is 0 Å². The molecule has 0 aliphatic rings. The topological polar surface area (TPSA) is 59.4 Å². The molecule has 23 heavy (non-hydrogen) atoms. The van der Waals surface area contributed by atoms with Crippen molar-refractivity contribution in [3.8, 4) is 10.6 Å². The molecule has 0 fully saturated rings. The van der Waals surface area contributed by atoms with Crippen molar-refractivity contribution in [2.45, 2.75) is 13.5 Å². The predicted octanol–water partition coefficient (Wildman–Crippen LogP) is 3.89. The summed E-state index contributed by atoms with van der Waals surface area (Å²) in [6.45, 7) is 2.52. The van der Waals surface area contributed by atoms with Gasteiger partial charge in [0.25, 0.3) is 5.95 Å². The van der Waals surface area contributed by atoms with Gasteiger partial charge in [-0.1, -0.05) is 35.9 Å². The summed E-state index contributed by atoms with van der Waals surface area (Å²) >= 11 is 1.63. The van der Waals surface area contributed by atoms with E-state index in [2.05, 4.69) is 39.5 Å². The van der Waals surface area contributed by atoms with Gasteiger partial charge >= 0.3 is 0 Å². The molecule has 5 nitrogen and oxygen atoms in total. The maximum atomic E-state index is 5.33. The number of nitrogens with one attached hydrogen (secondary N) is 1. The molecule has 116 valence electrons. The quantitative estimate of drug-likeness (QED) is 0.323. The third-order valence-electron chi connectivity index (χ3n) is 3.09. The summed E-state index contributed by atoms with van der Waals surface area (Å²) < 4.78 is 0. The molecular formula is C17H16N4OS. The molecule has 1 aromatic carbocycles. The average Bonchev–Trinajstić information content (AvgIpc) is 3.11. The summed E-state index contributed by atoms with van der Waals surface area (Å²) in [7, 11) is 0. The number of aryl methyl sites for hydroxylation is 1. The zero-order valence-electron chi connectivity index (χ0n) is 12.6. The predicted molar refractivity (Wildman–Crippen MR) is 92.6 cm³/mol. The molecule has 2 aromatic heterocycles. The van der Waals surface area contributed by atoms with Crippen LogP contribution >= 0.6 is 11.3 Å². The molecule has 0 bridgehead atoms. The molecule has 0 saturated carbocycles. The number of aliphatic imine (C=N–C) groups is 1. The molecule has 0 amide bonds. The minimum absolute atomic E-state index is 0.391. The van der Waals surface area contributed by atoms with Crippen LogP contribution in [0.1, 0.15) is 11.1 Å². The Labute approximate surface area is 138 Å². The van der Waals surface area contributed by atoms with Crippen LogP contribution in [0, 0.1) is 6.92 Å². The molecule has 3 rings (SSSR count). The number of hydrogen-bond acceptors (Lipinski definition) is 5. The Morgan fingerprint density at radius 1 is 1.22 bits per heavy atom. The summed E-state index contributed by atoms with van der Waals surface area (Å²) in [4.78, 5) is 19.1. The zero-order chi connectivity index (χ0) is 15.9. The number of nitrogens with zero attached hydrogens (tertiary/aromatic N) is 3. The minimum Gasteiger partial charge on any atom is -0.270 e. The normalized spacial score (nSPS) is 11.0. The van der Waals surface area contributed by atoms with E-state index in [9.17, 15) is 0 Å². The van der Waals surface area contributed by atoms with Crippen LogP contribution in [0.25, 0.3) is 10.6 Å². The second-order valence-corrected chi connectivity index (χ2v) is 5.82. The van der Waals surface area contributed by atoms with Crippen molar-refractivity contribution in [3.63, 3.8) is 0 Å². The largest absolute Gasteiger partial charge is 0.270 e. The van der Waals surface area contributed by atoms with Crippen LogP contribution in [-0.2, 0) is 11.4 Å². The van der Waals surface area contributed by atoms with Gasteiger partial charge in [-0.3, -0.25) is 10.3 Å². The van der Waals surface area contributed by atoms with E-state index in [0.717, 1.165) is 16.1 Å². The van der Waals surface area contributed by atoms with E-state index in [4.69, 9.17) is 4.84 Å². The smallest absolute Gasteiger partial charge is 0.251 e. The van der Waals surface area contributed by atoms with Crippen molar-refractivity contribution in [2.24, 2.45) is 4.99 Å². The van der Waals surface area contributed by atoms with Gasteiger partial charge in [0.1, 0.15) is 6.34 Å². The van der Waals surface area contributed by atoms with Gasteiger partial charge in [-0.05, 0) is 30.0 Å². The van der Waals surface area contributed by atoms with Gasteiger partial charge in [0.2, 0.25) is 0 Å². The molecule has 1 N–H and O–H groups in total. The Kier molecular flexibility index (Phi) is 5.08. The monoisotopic (exact) mass is 324 g/mol. The number of benzene rings is 1. The van der Waals surface area contributed by atoms with Crippen molar-refractivity contribution in [3.05, 3.63) is 65.2 Å². The van der Waals surface area contributed by atoms with Crippen LogP contribution in [0.4, 0.5) is 5.95 Å². The molecule has 0 unspecified atom stereocenters. The average molecular weight is 324 g/mol. The van der Waals surface area contributed by atoms with Gasteiger partial charge < -0.3 is 0 Å². The molecule has 0 saturated heterocycles. The van der Waals surface area contributed by atoms with Crippen LogP contribution in [0.5, 0.6) is 0 Å². The third-order valence-corrected chi connectivity index (χ3v) is 3.98. The van der Waals surface area contributed by atoms with Gasteiger partial charge in [0.05, 0.1) is 17.2 Å². The summed E-state index contributed by atoms with van der Waals surface area (Å²) in [5.41, 5.74) is 5.86. The molecule has 0 atom stereocenters. The minimum atomic E-state index is 0.391. The first-order valence-corrected chi connectivity index (χ1v) is 8.01. The maximum Gasteiger partial charge on any atom is 0.251 e. The summed E-state index contributed by atoms with van der Waals surface area (Å²) in [5.74, 6) is 0.391. The van der Waals surface area contributed by atoms with E-state index in [1.54, 1.807) is 17.5 Å². The number of thiophene rings is 1. The van der Waals surface area contributed by atoms with E-state index in [-0.39, 0.29) is 0 Å². The third kappa shape index (κ3) is 4.45. The lowest BCUT2D eigenvalue weighted by Crippen LogP contribution is -2.11. The number of hydrogen-bond donors (Lipinski definition) is 1. The first kappa shape index (κ1) is 15.3. The first-order chi connectivity index (χ1) is 11.3. The fourth-order valence-electron chi connectivity index (χ4n) is 1.90. The van der Waals surface area contributed by atoms with Crippen molar-refractivity contribution in [1.29, 1.82) is 0 Å². The lowest BCUT2D eigenvalue weighted by molar-refractivity contribution is 0.0745. The zero-order valence-corrected chi connectivity index (χ0v) is 13.5. The van der Waals surface area contributed by atoms with Gasteiger partial charge in [-0.25, -0.2) is 9.97 Å². The maximum absolute atomic E-state index is 5.33. The fourth-order valence-corrected chi connectivity index (χ4v) is 2.60. The molecule has 0 radical (unpaired) electrons. The lowest BCUT2D eigenvalue weighted by Gasteiger charge is -2.03. The Bertz CT molecular complexity index is 770. The van der Waals surface area contributed by atoms with E-state index in [1.807, 2.05) is 35.7 Å². The second-order valence-electron chi connectivity index (χ2n) is 4.87. The second kappa shape index (κ2) is 7.62. The van der Waals surface area contributed by atoms with Gasteiger partial charge in [-0.2, -0.15) is 4.99 Å². The lowest BCUT2D eigenvalue weighted by atomic mass is 10.2. The van der Waals surface area contributed by atoms with Crippen LogP contribution in [-0.4, -0.2) is 16.3 Å². The van der Waals surface area contributed by atoms with Crippen LogP contribution < -0.4 is 5.48 Å². The van der Waals surface area contributed by atoms with Crippen molar-refractivity contribution < 1.29 is 4.84 Å². The number of hydroxylamine groups is 1. The van der Waals surface area contributed by atoms with Crippen molar-refractivity contribution in [2.75, 3.05) is 0 Å². The van der Waals surface area contributed by atoms with E-state index in [0.29, 0.717) is 12.6 Å². The molecule has 0 aliphatic heterocycles. The van der Waals surface area contributed by atoms with E-state index >= 15 is 0 Å². The van der Waals surface area contributed by atoms with E-state index < -0.39 is 0 Å². The van der Waals surface area contributed by atoms with Crippen molar-refractivity contribution in [1.82, 2.24) is 15.4 Å². The Balaban J connectivity index is 1.52. The van der Waals surface area contributed by atoms with Gasteiger partial charge in [-0.15, -0.1) is 11.3 Å². The molecule has 0 spiro atoms. The highest BCUT2D eigenvalue weighted by Crippen LogP contribution is 2.23. The van der Waals surface area contributed by atoms with Crippen molar-refractivity contribution >= 4 is 23.6 Å². The standard InChI is InChI=1S/C17H16N4OS/c1-13-4-6-14(7-5-13)11-22-20-12-19-17-18-9-8-15(21-17)16-3-2-10-23-16/h2-10,12H,11H2,1H3,(H,18,19,20,21). The Hall–Kier alpha value is -2.57. The SMILES string of the molecule is Cc1ccc(CONC=Nc2nccc(-c3cccs3)n2)cc1. The highest BCUT2D eigenvalue weighted by molar-refractivity contribution is 7.13. The van der Waals surface area contributed by atoms with Crippen LogP contribution in [0.15, 0.2) is 59.0 Å².